The van der Waals surface area contributed by atoms with Crippen LogP contribution in [-0.2, 0) is 0 Å². The third-order valence-corrected chi connectivity index (χ3v) is 2.55. The lowest BCUT2D eigenvalue weighted by molar-refractivity contribution is 0.556. The zero-order chi connectivity index (χ0) is 9.23. The third kappa shape index (κ3) is 7.90. The van der Waals surface area contributed by atoms with Crippen LogP contribution in [0.4, 0.5) is 0 Å². The van der Waals surface area contributed by atoms with Gasteiger partial charge in [-0.15, -0.1) is 0 Å². The smallest absolute Gasteiger partial charge is 0.0638 e. The summed E-state index contributed by atoms with van der Waals surface area (Å²) in [5, 5.41) is 11.7. The first-order chi connectivity index (χ1) is 5.81. The van der Waals surface area contributed by atoms with Crippen LogP contribution in [0.5, 0.6) is 0 Å². The van der Waals surface area contributed by atoms with Crippen molar-refractivity contribution < 1.29 is 0 Å². The first-order valence-corrected chi connectivity index (χ1v) is 5.64. The van der Waals surface area contributed by atoms with Crippen molar-refractivity contribution in [2.24, 2.45) is 0 Å². The third-order valence-electron chi connectivity index (χ3n) is 1.56. The number of nitrogens with zero attached hydrogens (tertiary/aromatic N) is 1. The highest BCUT2D eigenvalue weighted by Crippen LogP contribution is 1.99. The van der Waals surface area contributed by atoms with Crippen LogP contribution in [-0.4, -0.2) is 24.1 Å². The van der Waals surface area contributed by atoms with Crippen LogP contribution in [0.2, 0.25) is 0 Å². The van der Waals surface area contributed by atoms with Crippen molar-refractivity contribution >= 4 is 11.8 Å². The van der Waals surface area contributed by atoms with Crippen molar-refractivity contribution in [2.45, 2.75) is 32.7 Å². The van der Waals surface area contributed by atoms with Gasteiger partial charge in [-0.2, -0.15) is 17.0 Å². The summed E-state index contributed by atoms with van der Waals surface area (Å²) >= 11 is 1.97. The molecule has 0 heterocycles. The van der Waals surface area contributed by atoms with Crippen LogP contribution in [0.15, 0.2) is 0 Å². The minimum absolute atomic E-state index is 0.349. The molecule has 0 bridgehead atoms. The first kappa shape index (κ1) is 11.8. The molecule has 0 aromatic heterocycles. The predicted molar refractivity (Wildman–Crippen MR) is 55.3 cm³/mol. The molecule has 1 N–H and O–H groups in total. The molecule has 0 aromatic rings. The number of nitriles is 1. The van der Waals surface area contributed by atoms with Gasteiger partial charge < -0.3 is 5.32 Å². The number of nitrogens with one attached hydrogen (secondary N) is 1. The summed E-state index contributed by atoms with van der Waals surface area (Å²) in [6.07, 6.45) is 1.81. The number of hydrogen-bond donors (Lipinski definition) is 1. The second kappa shape index (κ2) is 8.89. The highest BCUT2D eigenvalue weighted by molar-refractivity contribution is 7.99. The maximum absolute atomic E-state index is 8.38. The van der Waals surface area contributed by atoms with Gasteiger partial charge in [0.05, 0.1) is 12.5 Å². The molecule has 0 saturated heterocycles. The van der Waals surface area contributed by atoms with Gasteiger partial charge in [0.25, 0.3) is 0 Å². The lowest BCUT2D eigenvalue weighted by Crippen LogP contribution is -2.26. The van der Waals surface area contributed by atoms with Gasteiger partial charge in [-0.3, -0.25) is 0 Å². The van der Waals surface area contributed by atoms with Gasteiger partial charge in [-0.25, -0.2) is 0 Å². The molecule has 0 aliphatic heterocycles. The van der Waals surface area contributed by atoms with Crippen LogP contribution >= 0.6 is 11.8 Å². The Hall–Kier alpha value is -0.200. The van der Waals surface area contributed by atoms with Crippen molar-refractivity contribution in [1.82, 2.24) is 5.32 Å². The molecule has 1 unspecified atom stereocenters. The Balaban J connectivity index is 3.04. The minimum Gasteiger partial charge on any atom is -0.313 e. The molecule has 2 nitrogen and oxygen atoms in total. The topological polar surface area (TPSA) is 35.8 Å². The molecular formula is C9H18N2S. The Morgan fingerprint density at radius 3 is 2.92 bits per heavy atom. The molecule has 1 atom stereocenters. The zero-order valence-corrected chi connectivity index (χ0v) is 8.78. The largest absolute Gasteiger partial charge is 0.313 e. The fraction of sp³-hybridized carbons (Fsp3) is 0.889. The molecular weight excluding hydrogens is 168 g/mol. The second-order valence-corrected chi connectivity index (χ2v) is 4.16. The molecule has 12 heavy (non-hydrogen) atoms. The minimum atomic E-state index is 0.349. The van der Waals surface area contributed by atoms with Gasteiger partial charge in [0.2, 0.25) is 0 Å². The number of hydrogen-bond acceptors (Lipinski definition) is 3. The normalized spacial score (nSPS) is 12.4. The van der Waals surface area contributed by atoms with Crippen molar-refractivity contribution in [1.29, 1.82) is 5.26 Å². The van der Waals surface area contributed by atoms with Gasteiger partial charge in [-0.05, 0) is 31.4 Å². The number of thioether (sulfide) groups is 1. The average Bonchev–Trinajstić information content (AvgIpc) is 2.05. The van der Waals surface area contributed by atoms with E-state index < -0.39 is 0 Å². The molecule has 0 spiro atoms. The van der Waals surface area contributed by atoms with E-state index >= 15 is 0 Å². The summed E-state index contributed by atoms with van der Waals surface area (Å²) in [6.45, 7) is 5.27. The van der Waals surface area contributed by atoms with Gasteiger partial charge >= 0.3 is 0 Å². The fourth-order valence-corrected chi connectivity index (χ4v) is 1.51. The molecule has 0 aromatic carbocycles. The number of rotatable bonds is 7. The quantitative estimate of drug-likeness (QED) is 0.618. The van der Waals surface area contributed by atoms with E-state index in [-0.39, 0.29) is 0 Å². The van der Waals surface area contributed by atoms with Crippen molar-refractivity contribution in [3.8, 4) is 6.07 Å². The van der Waals surface area contributed by atoms with Crippen LogP contribution in [0.3, 0.4) is 0 Å². The zero-order valence-electron chi connectivity index (χ0n) is 7.97. The predicted octanol–water partition coefficient (Wildman–Crippen LogP) is 2.02. The van der Waals surface area contributed by atoms with E-state index in [4.69, 9.17) is 5.26 Å². The molecule has 0 aliphatic rings. The summed E-state index contributed by atoms with van der Waals surface area (Å²) in [6, 6.07) is 2.50. The summed E-state index contributed by atoms with van der Waals surface area (Å²) in [7, 11) is 0. The van der Waals surface area contributed by atoms with Crippen LogP contribution < -0.4 is 5.32 Å². The summed E-state index contributed by atoms with van der Waals surface area (Å²) < 4.78 is 0. The standard InChI is InChI=1S/C9H18N2S/c1-3-12-8-4-7-11-9(2)5-6-10/h9,11H,3-5,7-8H2,1-2H3. The van der Waals surface area contributed by atoms with Crippen LogP contribution in [0, 0.1) is 11.3 Å². The average molecular weight is 186 g/mol. The first-order valence-electron chi connectivity index (χ1n) is 4.49. The van der Waals surface area contributed by atoms with E-state index in [1.165, 1.54) is 17.9 Å². The molecule has 70 valence electrons. The molecule has 0 radical (unpaired) electrons. The Kier molecular flexibility index (Phi) is 8.74. The lowest BCUT2D eigenvalue weighted by Gasteiger charge is -2.08. The van der Waals surface area contributed by atoms with Crippen molar-refractivity contribution in [3.05, 3.63) is 0 Å². The SMILES string of the molecule is CCSCCCNC(C)CC#N. The van der Waals surface area contributed by atoms with E-state index in [2.05, 4.69) is 25.2 Å². The van der Waals surface area contributed by atoms with Crippen molar-refractivity contribution in [3.63, 3.8) is 0 Å². The summed E-state index contributed by atoms with van der Waals surface area (Å²) in [5.74, 6) is 2.43. The fourth-order valence-electron chi connectivity index (χ4n) is 0.876. The van der Waals surface area contributed by atoms with E-state index in [1.807, 2.05) is 11.8 Å². The van der Waals surface area contributed by atoms with Gasteiger partial charge in [0.1, 0.15) is 0 Å². The molecule has 3 heteroatoms. The van der Waals surface area contributed by atoms with E-state index in [9.17, 15) is 0 Å². The van der Waals surface area contributed by atoms with Crippen molar-refractivity contribution in [2.75, 3.05) is 18.1 Å². The Labute approximate surface area is 79.7 Å². The molecule has 0 rings (SSSR count). The van der Waals surface area contributed by atoms with E-state index in [1.54, 1.807) is 0 Å². The van der Waals surface area contributed by atoms with Crippen LogP contribution in [0.1, 0.15) is 26.7 Å². The maximum atomic E-state index is 8.38. The molecule has 0 saturated carbocycles. The summed E-state index contributed by atoms with van der Waals surface area (Å²) in [4.78, 5) is 0. The maximum Gasteiger partial charge on any atom is 0.0638 e. The Morgan fingerprint density at radius 1 is 1.58 bits per heavy atom. The Morgan fingerprint density at radius 2 is 2.33 bits per heavy atom. The van der Waals surface area contributed by atoms with E-state index in [0.717, 1.165) is 6.54 Å². The summed E-state index contributed by atoms with van der Waals surface area (Å²) in [5.41, 5.74) is 0. The lowest BCUT2D eigenvalue weighted by atomic mass is 10.2. The van der Waals surface area contributed by atoms with Gasteiger partial charge in [0.15, 0.2) is 0 Å². The molecule has 0 aliphatic carbocycles. The van der Waals surface area contributed by atoms with Crippen LogP contribution in [0.25, 0.3) is 0 Å². The Bertz CT molecular complexity index is 131. The van der Waals surface area contributed by atoms with Gasteiger partial charge in [0, 0.05) is 6.04 Å². The monoisotopic (exact) mass is 186 g/mol. The molecule has 0 fully saturated rings. The molecule has 0 amide bonds. The highest BCUT2D eigenvalue weighted by atomic mass is 32.2. The highest BCUT2D eigenvalue weighted by Gasteiger charge is 1.97. The second-order valence-electron chi connectivity index (χ2n) is 2.77. The van der Waals surface area contributed by atoms with E-state index in [0.29, 0.717) is 12.5 Å². The van der Waals surface area contributed by atoms with Gasteiger partial charge in [-0.1, -0.05) is 6.92 Å².